The Morgan fingerprint density at radius 1 is 1.45 bits per heavy atom. The third kappa shape index (κ3) is 4.13. The molecule has 0 bridgehead atoms. The number of nitrogens with zero attached hydrogens (tertiary/aromatic N) is 2. The van der Waals surface area contributed by atoms with Crippen LogP contribution in [0.4, 0.5) is 5.69 Å². The summed E-state index contributed by atoms with van der Waals surface area (Å²) in [6.45, 7) is 6.57. The standard InChI is InChI=1S/C16H21N3O3/c1-11-7-13(10-16(2,3)9-11)17-18-15(20)12-5-4-6-14(8-12)19(21)22/h4-6,8,11H,7,9-10H2,1-3H3,(H,18,20)/b17-13-/t11-/m1/s1. The number of hydrogen-bond donors (Lipinski definition) is 1. The minimum Gasteiger partial charge on any atom is -0.267 e. The molecule has 1 amide bonds. The molecule has 1 aliphatic rings. The monoisotopic (exact) mass is 303 g/mol. The van der Waals surface area contributed by atoms with Gasteiger partial charge in [0.1, 0.15) is 0 Å². The second-order valence-electron chi connectivity index (χ2n) is 6.78. The summed E-state index contributed by atoms with van der Waals surface area (Å²) < 4.78 is 0. The van der Waals surface area contributed by atoms with Crippen LogP contribution in [0.3, 0.4) is 0 Å². The van der Waals surface area contributed by atoms with Gasteiger partial charge in [-0.3, -0.25) is 14.9 Å². The summed E-state index contributed by atoms with van der Waals surface area (Å²) in [6, 6.07) is 5.64. The van der Waals surface area contributed by atoms with E-state index in [9.17, 15) is 14.9 Å². The number of rotatable bonds is 3. The molecule has 0 heterocycles. The van der Waals surface area contributed by atoms with Crippen molar-refractivity contribution in [2.75, 3.05) is 0 Å². The fourth-order valence-corrected chi connectivity index (χ4v) is 3.15. The van der Waals surface area contributed by atoms with Gasteiger partial charge in [0.25, 0.3) is 11.6 Å². The number of nitro groups is 1. The predicted molar refractivity (Wildman–Crippen MR) is 84.8 cm³/mol. The molecule has 6 nitrogen and oxygen atoms in total. The minimum atomic E-state index is -0.520. The average Bonchev–Trinajstić information content (AvgIpc) is 2.42. The molecule has 0 spiro atoms. The van der Waals surface area contributed by atoms with Crippen molar-refractivity contribution in [1.29, 1.82) is 0 Å². The van der Waals surface area contributed by atoms with Gasteiger partial charge in [-0.25, -0.2) is 5.43 Å². The van der Waals surface area contributed by atoms with Crippen LogP contribution < -0.4 is 5.43 Å². The first-order chi connectivity index (χ1) is 10.3. The summed E-state index contributed by atoms with van der Waals surface area (Å²) in [4.78, 5) is 22.3. The van der Waals surface area contributed by atoms with Crippen LogP contribution in [0.2, 0.25) is 0 Å². The summed E-state index contributed by atoms with van der Waals surface area (Å²) >= 11 is 0. The topological polar surface area (TPSA) is 84.6 Å². The fourth-order valence-electron chi connectivity index (χ4n) is 3.15. The number of hydrazone groups is 1. The second-order valence-corrected chi connectivity index (χ2v) is 6.78. The second kappa shape index (κ2) is 6.25. The number of carbonyl (C=O) groups excluding carboxylic acids is 1. The molecule has 0 radical (unpaired) electrons. The van der Waals surface area contributed by atoms with Crippen LogP contribution in [0, 0.1) is 21.4 Å². The molecule has 1 fully saturated rings. The Morgan fingerprint density at radius 2 is 2.18 bits per heavy atom. The zero-order chi connectivity index (χ0) is 16.3. The van der Waals surface area contributed by atoms with Crippen LogP contribution in [-0.2, 0) is 0 Å². The largest absolute Gasteiger partial charge is 0.271 e. The Kier molecular flexibility index (Phi) is 4.59. The summed E-state index contributed by atoms with van der Waals surface area (Å²) in [7, 11) is 0. The molecule has 1 aliphatic carbocycles. The maximum Gasteiger partial charge on any atom is 0.271 e. The van der Waals surface area contributed by atoms with E-state index in [0.29, 0.717) is 5.92 Å². The van der Waals surface area contributed by atoms with Crippen molar-refractivity contribution in [3.8, 4) is 0 Å². The van der Waals surface area contributed by atoms with E-state index in [1.54, 1.807) is 0 Å². The van der Waals surface area contributed by atoms with Gasteiger partial charge in [-0.05, 0) is 36.7 Å². The van der Waals surface area contributed by atoms with Crippen LogP contribution in [0.5, 0.6) is 0 Å². The highest BCUT2D eigenvalue weighted by Gasteiger charge is 2.29. The number of carbonyl (C=O) groups is 1. The van der Waals surface area contributed by atoms with Crippen molar-refractivity contribution in [2.45, 2.75) is 40.0 Å². The Bertz CT molecular complexity index is 623. The molecule has 2 rings (SSSR count). The van der Waals surface area contributed by atoms with Gasteiger partial charge < -0.3 is 0 Å². The third-order valence-corrected chi connectivity index (χ3v) is 3.80. The van der Waals surface area contributed by atoms with Gasteiger partial charge in [0.2, 0.25) is 0 Å². The van der Waals surface area contributed by atoms with Gasteiger partial charge >= 0.3 is 0 Å². The number of amides is 1. The molecule has 1 atom stereocenters. The lowest BCUT2D eigenvalue weighted by atomic mass is 9.72. The van der Waals surface area contributed by atoms with Crippen LogP contribution in [-0.4, -0.2) is 16.5 Å². The number of benzene rings is 1. The van der Waals surface area contributed by atoms with Crippen molar-refractivity contribution in [1.82, 2.24) is 5.43 Å². The molecule has 0 saturated heterocycles. The van der Waals surface area contributed by atoms with E-state index >= 15 is 0 Å². The van der Waals surface area contributed by atoms with Crippen LogP contribution in [0.25, 0.3) is 0 Å². The Balaban J connectivity index is 2.07. The maximum absolute atomic E-state index is 12.1. The molecule has 1 aromatic carbocycles. The van der Waals surface area contributed by atoms with E-state index in [0.717, 1.165) is 25.0 Å². The van der Waals surface area contributed by atoms with Gasteiger partial charge in [0, 0.05) is 23.4 Å². The first-order valence-electron chi connectivity index (χ1n) is 7.37. The predicted octanol–water partition coefficient (Wildman–Crippen LogP) is 3.53. The normalized spacial score (nSPS) is 22.3. The number of hydrogen-bond acceptors (Lipinski definition) is 4. The highest BCUT2D eigenvalue weighted by molar-refractivity contribution is 5.96. The van der Waals surface area contributed by atoms with E-state index in [4.69, 9.17) is 0 Å². The average molecular weight is 303 g/mol. The first-order valence-corrected chi connectivity index (χ1v) is 7.37. The molecule has 0 aliphatic heterocycles. The van der Waals surface area contributed by atoms with E-state index in [1.165, 1.54) is 24.3 Å². The molecule has 1 aromatic rings. The van der Waals surface area contributed by atoms with Crippen molar-refractivity contribution in [2.24, 2.45) is 16.4 Å². The minimum absolute atomic E-state index is 0.104. The fraction of sp³-hybridized carbons (Fsp3) is 0.500. The van der Waals surface area contributed by atoms with E-state index in [2.05, 4.69) is 31.3 Å². The molecule has 6 heteroatoms. The van der Waals surface area contributed by atoms with E-state index in [-0.39, 0.29) is 16.7 Å². The van der Waals surface area contributed by atoms with Crippen LogP contribution in [0.15, 0.2) is 29.4 Å². The third-order valence-electron chi connectivity index (χ3n) is 3.80. The van der Waals surface area contributed by atoms with Gasteiger partial charge in [0.05, 0.1) is 4.92 Å². The smallest absolute Gasteiger partial charge is 0.267 e. The zero-order valence-corrected chi connectivity index (χ0v) is 13.1. The summed E-state index contributed by atoms with van der Waals surface area (Å²) in [5.74, 6) is 0.115. The molecule has 1 saturated carbocycles. The van der Waals surface area contributed by atoms with Gasteiger partial charge in [-0.2, -0.15) is 5.10 Å². The summed E-state index contributed by atoms with van der Waals surface area (Å²) in [6.07, 6.45) is 2.87. The summed E-state index contributed by atoms with van der Waals surface area (Å²) in [5, 5.41) is 15.0. The number of nitrogens with one attached hydrogen (secondary N) is 1. The van der Waals surface area contributed by atoms with Crippen LogP contribution >= 0.6 is 0 Å². The number of non-ortho nitro benzene ring substituents is 1. The highest BCUT2D eigenvalue weighted by atomic mass is 16.6. The van der Waals surface area contributed by atoms with Crippen molar-refractivity contribution in [3.05, 3.63) is 39.9 Å². The van der Waals surface area contributed by atoms with Crippen molar-refractivity contribution in [3.63, 3.8) is 0 Å². The van der Waals surface area contributed by atoms with Crippen molar-refractivity contribution >= 4 is 17.3 Å². The number of nitro benzene ring substituents is 1. The van der Waals surface area contributed by atoms with Crippen molar-refractivity contribution < 1.29 is 9.72 Å². The van der Waals surface area contributed by atoms with Crippen LogP contribution in [0.1, 0.15) is 50.4 Å². The molecule has 118 valence electrons. The lowest BCUT2D eigenvalue weighted by Gasteiger charge is -2.34. The molecule has 1 N–H and O–H groups in total. The van der Waals surface area contributed by atoms with Gasteiger partial charge in [-0.1, -0.05) is 26.8 Å². The quantitative estimate of drug-likeness (QED) is 0.684. The van der Waals surface area contributed by atoms with E-state index < -0.39 is 10.8 Å². The van der Waals surface area contributed by atoms with Gasteiger partial charge in [0.15, 0.2) is 0 Å². The molecule has 22 heavy (non-hydrogen) atoms. The lowest BCUT2D eigenvalue weighted by molar-refractivity contribution is -0.384. The molecule has 0 unspecified atom stereocenters. The molecule has 0 aromatic heterocycles. The zero-order valence-electron chi connectivity index (χ0n) is 13.1. The first kappa shape index (κ1) is 16.1. The Labute approximate surface area is 129 Å². The molecular weight excluding hydrogens is 282 g/mol. The maximum atomic E-state index is 12.1. The molecular formula is C16H21N3O3. The lowest BCUT2D eigenvalue weighted by Crippen LogP contribution is -2.30. The van der Waals surface area contributed by atoms with E-state index in [1.807, 2.05) is 0 Å². The summed E-state index contributed by atoms with van der Waals surface area (Å²) in [5.41, 5.74) is 3.82. The SMILES string of the molecule is C[C@@H]1C/C(=N/NC(=O)c2cccc([N+](=O)[O-])c2)CC(C)(C)C1. The Morgan fingerprint density at radius 3 is 2.82 bits per heavy atom. The Hall–Kier alpha value is -2.24. The highest BCUT2D eigenvalue weighted by Crippen LogP contribution is 2.36. The van der Waals surface area contributed by atoms with Gasteiger partial charge in [-0.15, -0.1) is 0 Å².